The van der Waals surface area contributed by atoms with Crippen LogP contribution in [0.15, 0.2) is 24.3 Å². The standard InChI is InChI=1S/C20H30N2O3/c1-23-18-4-2-16(3-5-18)12-22-7-6-17-15-25-20(19(17)13-22)14-21-8-10-24-11-9-21/h2-5,17,19-20H,6-15H2,1H3/t17-,19-,20+/m0/s1. The van der Waals surface area contributed by atoms with E-state index in [1.54, 1.807) is 7.11 Å². The highest BCUT2D eigenvalue weighted by molar-refractivity contribution is 5.27. The van der Waals surface area contributed by atoms with Gasteiger partial charge in [0, 0.05) is 38.6 Å². The van der Waals surface area contributed by atoms with Crippen LogP contribution in [0.5, 0.6) is 5.75 Å². The molecule has 5 nitrogen and oxygen atoms in total. The van der Waals surface area contributed by atoms with Gasteiger partial charge in [-0.05, 0) is 36.6 Å². The molecule has 5 heteroatoms. The summed E-state index contributed by atoms with van der Waals surface area (Å²) in [5.74, 6) is 2.35. The fourth-order valence-electron chi connectivity index (χ4n) is 4.46. The predicted molar refractivity (Wildman–Crippen MR) is 96.9 cm³/mol. The second-order valence-corrected chi connectivity index (χ2v) is 7.58. The number of hydrogen-bond acceptors (Lipinski definition) is 5. The lowest BCUT2D eigenvalue weighted by molar-refractivity contribution is -0.00493. The van der Waals surface area contributed by atoms with Gasteiger partial charge >= 0.3 is 0 Å². The van der Waals surface area contributed by atoms with Gasteiger partial charge in [0.15, 0.2) is 0 Å². The Morgan fingerprint density at radius 2 is 1.88 bits per heavy atom. The molecule has 138 valence electrons. The molecule has 0 aliphatic carbocycles. The molecule has 0 spiro atoms. The normalized spacial score (nSPS) is 31.0. The third kappa shape index (κ3) is 4.17. The van der Waals surface area contributed by atoms with Crippen molar-refractivity contribution in [2.24, 2.45) is 11.8 Å². The lowest BCUT2D eigenvalue weighted by atomic mass is 9.84. The second kappa shape index (κ2) is 8.04. The van der Waals surface area contributed by atoms with E-state index in [0.29, 0.717) is 12.0 Å². The Hall–Kier alpha value is -1.14. The average molecular weight is 346 g/mol. The SMILES string of the molecule is COc1ccc(CN2CC[C@H]3CO[C@H](CN4CCOCC4)[C@H]3C2)cc1. The summed E-state index contributed by atoms with van der Waals surface area (Å²) in [6.45, 7) is 9.22. The van der Waals surface area contributed by atoms with Gasteiger partial charge in [0.05, 0.1) is 33.0 Å². The molecule has 3 heterocycles. The van der Waals surface area contributed by atoms with Crippen LogP contribution in [0.1, 0.15) is 12.0 Å². The third-order valence-electron chi connectivity index (χ3n) is 6.00. The van der Waals surface area contributed by atoms with Gasteiger partial charge in [-0.1, -0.05) is 12.1 Å². The molecular weight excluding hydrogens is 316 g/mol. The summed E-state index contributed by atoms with van der Waals surface area (Å²) >= 11 is 0. The molecule has 0 unspecified atom stereocenters. The van der Waals surface area contributed by atoms with Crippen molar-refractivity contribution in [3.8, 4) is 5.75 Å². The summed E-state index contributed by atoms with van der Waals surface area (Å²) in [5.41, 5.74) is 1.36. The van der Waals surface area contributed by atoms with Crippen molar-refractivity contribution in [3.63, 3.8) is 0 Å². The number of hydrogen-bond donors (Lipinski definition) is 0. The zero-order valence-electron chi connectivity index (χ0n) is 15.2. The van der Waals surface area contributed by atoms with Gasteiger partial charge in [0.2, 0.25) is 0 Å². The third-order valence-corrected chi connectivity index (χ3v) is 6.00. The largest absolute Gasteiger partial charge is 0.497 e. The summed E-state index contributed by atoms with van der Waals surface area (Å²) in [4.78, 5) is 5.11. The maximum absolute atomic E-state index is 6.21. The van der Waals surface area contributed by atoms with Crippen LogP contribution in [0.2, 0.25) is 0 Å². The zero-order valence-corrected chi connectivity index (χ0v) is 15.2. The number of nitrogens with zero attached hydrogens (tertiary/aromatic N) is 2. The van der Waals surface area contributed by atoms with Gasteiger partial charge in [0.1, 0.15) is 5.75 Å². The van der Waals surface area contributed by atoms with Crippen LogP contribution in [0.4, 0.5) is 0 Å². The van der Waals surface area contributed by atoms with E-state index in [4.69, 9.17) is 14.2 Å². The highest BCUT2D eigenvalue weighted by Crippen LogP contribution is 2.35. The first-order valence-corrected chi connectivity index (χ1v) is 9.59. The summed E-state index contributed by atoms with van der Waals surface area (Å²) in [6.07, 6.45) is 1.65. The fraction of sp³-hybridized carbons (Fsp3) is 0.700. The van der Waals surface area contributed by atoms with Crippen LogP contribution in [-0.4, -0.2) is 75.6 Å². The molecule has 25 heavy (non-hydrogen) atoms. The summed E-state index contributed by atoms with van der Waals surface area (Å²) in [7, 11) is 1.72. The molecule has 3 atom stereocenters. The lowest BCUT2D eigenvalue weighted by Gasteiger charge is -2.37. The topological polar surface area (TPSA) is 34.2 Å². The van der Waals surface area contributed by atoms with Crippen molar-refractivity contribution in [2.45, 2.75) is 19.1 Å². The number of methoxy groups -OCH3 is 1. The number of morpholine rings is 1. The van der Waals surface area contributed by atoms with E-state index in [0.717, 1.165) is 64.2 Å². The molecule has 1 aromatic rings. The van der Waals surface area contributed by atoms with Gasteiger partial charge < -0.3 is 14.2 Å². The van der Waals surface area contributed by atoms with E-state index in [9.17, 15) is 0 Å². The first-order valence-electron chi connectivity index (χ1n) is 9.59. The molecule has 0 amide bonds. The highest BCUT2D eigenvalue weighted by atomic mass is 16.5. The molecule has 0 aromatic heterocycles. The van der Waals surface area contributed by atoms with Crippen molar-refractivity contribution in [2.75, 3.05) is 59.7 Å². The van der Waals surface area contributed by atoms with E-state index in [-0.39, 0.29) is 0 Å². The Morgan fingerprint density at radius 1 is 1.08 bits per heavy atom. The zero-order chi connectivity index (χ0) is 17.1. The van der Waals surface area contributed by atoms with Crippen molar-refractivity contribution < 1.29 is 14.2 Å². The first kappa shape index (κ1) is 17.3. The molecule has 3 fully saturated rings. The molecular formula is C20H30N2O3. The van der Waals surface area contributed by atoms with Crippen molar-refractivity contribution in [1.82, 2.24) is 9.80 Å². The van der Waals surface area contributed by atoms with Crippen molar-refractivity contribution in [3.05, 3.63) is 29.8 Å². The number of piperidine rings is 1. The van der Waals surface area contributed by atoms with Crippen LogP contribution in [-0.2, 0) is 16.0 Å². The number of rotatable bonds is 5. The Bertz CT molecular complexity index is 544. The average Bonchev–Trinajstić information content (AvgIpc) is 3.05. The molecule has 3 saturated heterocycles. The van der Waals surface area contributed by atoms with E-state index >= 15 is 0 Å². The van der Waals surface area contributed by atoms with Crippen molar-refractivity contribution >= 4 is 0 Å². The van der Waals surface area contributed by atoms with E-state index in [2.05, 4.69) is 34.1 Å². The Labute approximate surface area is 150 Å². The molecule has 3 aliphatic heterocycles. The first-order chi connectivity index (χ1) is 12.3. The quantitative estimate of drug-likeness (QED) is 0.813. The maximum Gasteiger partial charge on any atom is 0.118 e. The molecule has 0 radical (unpaired) electrons. The molecule has 0 bridgehead atoms. The summed E-state index contributed by atoms with van der Waals surface area (Å²) in [5, 5.41) is 0. The van der Waals surface area contributed by atoms with E-state index < -0.39 is 0 Å². The van der Waals surface area contributed by atoms with Crippen LogP contribution in [0, 0.1) is 11.8 Å². The van der Waals surface area contributed by atoms with Gasteiger partial charge in [-0.2, -0.15) is 0 Å². The van der Waals surface area contributed by atoms with Crippen LogP contribution < -0.4 is 4.74 Å². The van der Waals surface area contributed by atoms with E-state index in [1.165, 1.54) is 18.5 Å². The lowest BCUT2D eigenvalue weighted by Crippen LogP contribution is -2.47. The Morgan fingerprint density at radius 3 is 2.64 bits per heavy atom. The monoisotopic (exact) mass is 346 g/mol. The van der Waals surface area contributed by atoms with Crippen molar-refractivity contribution in [1.29, 1.82) is 0 Å². The highest BCUT2D eigenvalue weighted by Gasteiger charge is 2.41. The number of likely N-dealkylation sites (tertiary alicyclic amines) is 1. The number of ether oxygens (including phenoxy) is 3. The van der Waals surface area contributed by atoms with Crippen LogP contribution >= 0.6 is 0 Å². The fourth-order valence-corrected chi connectivity index (χ4v) is 4.46. The Kier molecular flexibility index (Phi) is 5.56. The molecule has 0 saturated carbocycles. The van der Waals surface area contributed by atoms with Crippen LogP contribution in [0.3, 0.4) is 0 Å². The number of fused-ring (bicyclic) bond motifs is 1. The maximum atomic E-state index is 6.21. The molecule has 4 rings (SSSR count). The minimum absolute atomic E-state index is 0.391. The summed E-state index contributed by atoms with van der Waals surface area (Å²) in [6, 6.07) is 8.48. The summed E-state index contributed by atoms with van der Waals surface area (Å²) < 4.78 is 16.9. The molecule has 0 N–H and O–H groups in total. The minimum Gasteiger partial charge on any atom is -0.497 e. The van der Waals surface area contributed by atoms with Gasteiger partial charge in [-0.15, -0.1) is 0 Å². The minimum atomic E-state index is 0.391. The van der Waals surface area contributed by atoms with Gasteiger partial charge in [-0.3, -0.25) is 9.80 Å². The van der Waals surface area contributed by atoms with E-state index in [1.807, 2.05) is 0 Å². The second-order valence-electron chi connectivity index (χ2n) is 7.58. The van der Waals surface area contributed by atoms with Gasteiger partial charge in [-0.25, -0.2) is 0 Å². The molecule has 1 aromatic carbocycles. The Balaban J connectivity index is 1.33. The van der Waals surface area contributed by atoms with Crippen LogP contribution in [0.25, 0.3) is 0 Å². The number of benzene rings is 1. The molecule has 3 aliphatic rings. The predicted octanol–water partition coefficient (Wildman–Crippen LogP) is 1.86. The van der Waals surface area contributed by atoms with Gasteiger partial charge in [0.25, 0.3) is 0 Å². The smallest absolute Gasteiger partial charge is 0.118 e.